The molecule has 3 aromatic carbocycles. The van der Waals surface area contributed by atoms with Gasteiger partial charge in [-0.25, -0.2) is 9.79 Å². The number of para-hydroxylation sites is 1. The maximum atomic E-state index is 13.8. The lowest BCUT2D eigenvalue weighted by Crippen LogP contribution is -2.40. The van der Waals surface area contributed by atoms with Gasteiger partial charge >= 0.3 is 5.97 Å². The van der Waals surface area contributed by atoms with E-state index in [2.05, 4.69) is 6.07 Å². The van der Waals surface area contributed by atoms with Crippen molar-refractivity contribution in [1.82, 2.24) is 4.57 Å². The Hall–Kier alpha value is -4.74. The van der Waals surface area contributed by atoms with E-state index in [1.54, 1.807) is 22.8 Å². The number of carbonyl (C=O) groups excluding carboxylic acids is 1. The zero-order valence-electron chi connectivity index (χ0n) is 21.5. The minimum Gasteiger partial charge on any atom is -0.488 e. The van der Waals surface area contributed by atoms with Gasteiger partial charge in [0.2, 0.25) is 0 Å². The van der Waals surface area contributed by atoms with Gasteiger partial charge in [0.25, 0.3) is 5.56 Å². The van der Waals surface area contributed by atoms with Crippen molar-refractivity contribution < 1.29 is 14.3 Å². The van der Waals surface area contributed by atoms with Crippen LogP contribution in [0.1, 0.15) is 41.6 Å². The Bertz CT molecular complexity index is 1780. The van der Waals surface area contributed by atoms with Crippen molar-refractivity contribution >= 4 is 23.4 Å². The van der Waals surface area contributed by atoms with Crippen LogP contribution in [0.5, 0.6) is 5.75 Å². The number of carbonyl (C=O) groups is 1. The molecule has 0 fully saturated rings. The lowest BCUT2D eigenvalue weighted by atomic mass is 9.95. The first-order chi connectivity index (χ1) is 19.0. The highest BCUT2D eigenvalue weighted by atomic mass is 32.1. The summed E-state index contributed by atoms with van der Waals surface area (Å²) in [5.41, 5.74) is 3.79. The SMILES string of the molecule is CCC1=C(C(=O)OC)[C@@H](c2ccccc2)n2c(s/c(=C/c3ccccc3OCc3ccc(C#N)cc3)c2=O)=N1. The van der Waals surface area contributed by atoms with Crippen LogP contribution in [0, 0.1) is 11.3 Å². The molecule has 0 bridgehead atoms. The van der Waals surface area contributed by atoms with Crippen molar-refractivity contribution in [3.8, 4) is 11.8 Å². The average Bonchev–Trinajstić information content (AvgIpc) is 3.30. The molecular weight excluding hydrogens is 510 g/mol. The quantitative estimate of drug-likeness (QED) is 0.330. The predicted octanol–water partition coefficient (Wildman–Crippen LogP) is 4.25. The van der Waals surface area contributed by atoms with E-state index in [1.165, 1.54) is 18.4 Å². The molecule has 1 aliphatic heterocycles. The molecule has 39 heavy (non-hydrogen) atoms. The fourth-order valence-corrected chi connectivity index (χ4v) is 5.53. The number of methoxy groups -OCH3 is 1. The van der Waals surface area contributed by atoms with Gasteiger partial charge in [0, 0.05) is 5.56 Å². The van der Waals surface area contributed by atoms with Crippen LogP contribution in [-0.4, -0.2) is 17.6 Å². The van der Waals surface area contributed by atoms with Gasteiger partial charge in [-0.2, -0.15) is 5.26 Å². The molecule has 0 radical (unpaired) electrons. The second kappa shape index (κ2) is 11.3. The predicted molar refractivity (Wildman–Crippen MR) is 149 cm³/mol. The first-order valence-electron chi connectivity index (χ1n) is 12.4. The second-order valence-electron chi connectivity index (χ2n) is 8.83. The Balaban J connectivity index is 1.58. The van der Waals surface area contributed by atoms with Gasteiger partial charge in [-0.3, -0.25) is 9.36 Å². The number of allylic oxidation sites excluding steroid dienone is 1. The average molecular weight is 536 g/mol. The van der Waals surface area contributed by atoms with Gasteiger partial charge in [0.15, 0.2) is 4.80 Å². The Morgan fingerprint density at radius 1 is 1.08 bits per heavy atom. The molecule has 0 saturated carbocycles. The standard InChI is InChI=1S/C31H25N3O4S/c1-3-24-27(30(36)37-2)28(22-9-5-4-6-10-22)34-29(35)26(39-31(34)33-24)17-23-11-7-8-12-25(23)38-19-21-15-13-20(18-32)14-16-21/h4-17,28H,3,19H2,1-2H3/b26-17+/t28-/m1/s1. The number of rotatable bonds is 7. The first kappa shape index (κ1) is 25.9. The molecule has 0 saturated heterocycles. The lowest BCUT2D eigenvalue weighted by molar-refractivity contribution is -0.136. The van der Waals surface area contributed by atoms with Gasteiger partial charge < -0.3 is 9.47 Å². The topological polar surface area (TPSA) is 93.7 Å². The van der Waals surface area contributed by atoms with Gasteiger partial charge in [-0.05, 0) is 41.8 Å². The number of nitriles is 1. The molecule has 4 aromatic rings. The third-order valence-electron chi connectivity index (χ3n) is 6.45. The van der Waals surface area contributed by atoms with Gasteiger partial charge in [0.05, 0.1) is 40.6 Å². The molecule has 5 rings (SSSR count). The Morgan fingerprint density at radius 3 is 2.49 bits per heavy atom. The van der Waals surface area contributed by atoms with E-state index in [0.29, 0.717) is 44.9 Å². The van der Waals surface area contributed by atoms with E-state index in [4.69, 9.17) is 19.7 Å². The van der Waals surface area contributed by atoms with Crippen molar-refractivity contribution in [3.63, 3.8) is 0 Å². The zero-order valence-corrected chi connectivity index (χ0v) is 22.3. The third-order valence-corrected chi connectivity index (χ3v) is 7.43. The fourth-order valence-electron chi connectivity index (χ4n) is 4.52. The normalized spacial score (nSPS) is 14.8. The number of hydrogen-bond donors (Lipinski definition) is 0. The van der Waals surface area contributed by atoms with Crippen molar-refractivity contribution in [1.29, 1.82) is 5.26 Å². The summed E-state index contributed by atoms with van der Waals surface area (Å²) in [6, 6.07) is 25.6. The van der Waals surface area contributed by atoms with E-state index < -0.39 is 12.0 Å². The molecule has 0 unspecified atom stereocenters. The van der Waals surface area contributed by atoms with E-state index >= 15 is 0 Å². The zero-order chi connectivity index (χ0) is 27.4. The highest BCUT2D eigenvalue weighted by Gasteiger charge is 2.33. The second-order valence-corrected chi connectivity index (χ2v) is 9.84. The number of nitrogens with zero attached hydrogens (tertiary/aromatic N) is 3. The van der Waals surface area contributed by atoms with Crippen molar-refractivity contribution in [3.05, 3.63) is 132 Å². The fraction of sp³-hybridized carbons (Fsp3) is 0.161. The van der Waals surface area contributed by atoms with Crippen LogP contribution < -0.4 is 19.6 Å². The Kier molecular flexibility index (Phi) is 7.53. The van der Waals surface area contributed by atoms with Crippen LogP contribution >= 0.6 is 11.3 Å². The molecule has 1 atom stereocenters. The molecule has 0 aliphatic carbocycles. The van der Waals surface area contributed by atoms with Crippen LogP contribution in [0.4, 0.5) is 0 Å². The smallest absolute Gasteiger partial charge is 0.338 e. The van der Waals surface area contributed by atoms with Crippen LogP contribution in [0.3, 0.4) is 0 Å². The highest BCUT2D eigenvalue weighted by Crippen LogP contribution is 2.31. The Morgan fingerprint density at radius 2 is 1.79 bits per heavy atom. The van der Waals surface area contributed by atoms with Crippen LogP contribution in [-0.2, 0) is 16.1 Å². The summed E-state index contributed by atoms with van der Waals surface area (Å²) < 4.78 is 13.3. The molecule has 2 heterocycles. The number of aromatic nitrogens is 1. The molecule has 0 spiro atoms. The minimum absolute atomic E-state index is 0.244. The molecule has 8 heteroatoms. The summed E-state index contributed by atoms with van der Waals surface area (Å²) in [5.74, 6) is 0.122. The van der Waals surface area contributed by atoms with Gasteiger partial charge in [-0.15, -0.1) is 0 Å². The molecule has 194 valence electrons. The lowest BCUT2D eigenvalue weighted by Gasteiger charge is -2.25. The van der Waals surface area contributed by atoms with E-state index in [0.717, 1.165) is 16.7 Å². The minimum atomic E-state index is -0.644. The molecular formula is C31H25N3O4S. The third kappa shape index (κ3) is 5.17. The van der Waals surface area contributed by atoms with Crippen molar-refractivity contribution in [2.24, 2.45) is 4.99 Å². The summed E-state index contributed by atoms with van der Waals surface area (Å²) in [6.45, 7) is 2.24. The maximum absolute atomic E-state index is 13.8. The molecule has 1 aromatic heterocycles. The highest BCUT2D eigenvalue weighted by molar-refractivity contribution is 7.07. The van der Waals surface area contributed by atoms with E-state index in [-0.39, 0.29) is 5.56 Å². The maximum Gasteiger partial charge on any atom is 0.338 e. The number of hydrogen-bond acceptors (Lipinski definition) is 7. The monoisotopic (exact) mass is 535 g/mol. The van der Waals surface area contributed by atoms with Crippen molar-refractivity contribution in [2.45, 2.75) is 26.0 Å². The summed E-state index contributed by atoms with van der Waals surface area (Å²) in [7, 11) is 1.34. The summed E-state index contributed by atoms with van der Waals surface area (Å²) in [4.78, 5) is 32.0. The summed E-state index contributed by atoms with van der Waals surface area (Å²) >= 11 is 1.28. The summed E-state index contributed by atoms with van der Waals surface area (Å²) in [6.07, 6.45) is 2.32. The van der Waals surface area contributed by atoms with Crippen molar-refractivity contribution in [2.75, 3.05) is 7.11 Å². The first-order valence-corrected chi connectivity index (χ1v) is 13.2. The van der Waals surface area contributed by atoms with Crippen LogP contribution in [0.15, 0.2) is 99.9 Å². The number of benzene rings is 3. The summed E-state index contributed by atoms with van der Waals surface area (Å²) in [5, 5.41) is 9.02. The van der Waals surface area contributed by atoms with Gasteiger partial charge in [-0.1, -0.05) is 78.9 Å². The van der Waals surface area contributed by atoms with Gasteiger partial charge in [0.1, 0.15) is 12.4 Å². The number of fused-ring (bicyclic) bond motifs is 1. The number of thiazole rings is 1. The molecule has 7 nitrogen and oxygen atoms in total. The Labute approximate surface area is 229 Å². The van der Waals surface area contributed by atoms with Crippen LogP contribution in [0.2, 0.25) is 0 Å². The van der Waals surface area contributed by atoms with E-state index in [1.807, 2.05) is 73.7 Å². The number of ether oxygens (including phenoxy) is 2. The van der Waals surface area contributed by atoms with Crippen LogP contribution in [0.25, 0.3) is 6.08 Å². The molecule has 0 N–H and O–H groups in total. The largest absolute Gasteiger partial charge is 0.488 e. The molecule has 1 aliphatic rings. The number of esters is 1. The molecule has 0 amide bonds. The van der Waals surface area contributed by atoms with E-state index in [9.17, 15) is 9.59 Å².